The molecule has 2 heteroatoms. The van der Waals surface area contributed by atoms with Crippen LogP contribution in [-0.4, -0.2) is 10.7 Å². The van der Waals surface area contributed by atoms with Gasteiger partial charge in [-0.1, -0.05) is 27.2 Å². The fourth-order valence-electron chi connectivity index (χ4n) is 3.05. The highest BCUT2D eigenvalue weighted by Crippen LogP contribution is 2.44. The molecule has 1 aliphatic rings. The van der Waals surface area contributed by atoms with Crippen molar-refractivity contribution in [1.29, 1.82) is 5.26 Å². The smallest absolute Gasteiger partial charge is 0.0835 e. The molecule has 1 fully saturated rings. The first-order valence-electron chi connectivity index (χ1n) is 6.03. The monoisotopic (exact) mass is 209 g/mol. The van der Waals surface area contributed by atoms with Gasteiger partial charge in [-0.15, -0.1) is 0 Å². The van der Waals surface area contributed by atoms with Crippen molar-refractivity contribution in [3.8, 4) is 6.07 Å². The molecule has 86 valence electrons. The zero-order chi connectivity index (χ0) is 11.6. The van der Waals surface area contributed by atoms with Crippen molar-refractivity contribution in [2.45, 2.75) is 52.6 Å². The van der Waals surface area contributed by atoms with E-state index < -0.39 is 5.60 Å². The molecule has 0 saturated heterocycles. The first-order chi connectivity index (χ1) is 6.91. The van der Waals surface area contributed by atoms with Crippen LogP contribution in [0.25, 0.3) is 0 Å². The normalized spacial score (nSPS) is 38.7. The molecule has 0 aliphatic heterocycles. The molecule has 0 bridgehead atoms. The third kappa shape index (κ3) is 2.34. The summed E-state index contributed by atoms with van der Waals surface area (Å²) in [6.07, 6.45) is 3.02. The van der Waals surface area contributed by atoms with E-state index in [9.17, 15) is 5.11 Å². The summed E-state index contributed by atoms with van der Waals surface area (Å²) in [5.41, 5.74) is -0.763. The Morgan fingerprint density at radius 1 is 1.33 bits per heavy atom. The minimum Gasteiger partial charge on any atom is -0.388 e. The van der Waals surface area contributed by atoms with Crippen molar-refractivity contribution in [3.05, 3.63) is 0 Å². The van der Waals surface area contributed by atoms with Crippen LogP contribution in [0.3, 0.4) is 0 Å². The average Bonchev–Trinajstić information content (AvgIpc) is 2.15. The molecule has 0 heterocycles. The Balaban J connectivity index is 2.92. The standard InChI is InChI=1S/C13H23NO/c1-9(2)12-6-5-10(3)7-13(12,15)11(4)8-14/h9-12,15H,5-7H2,1-4H3. The molecular formula is C13H23NO. The highest BCUT2D eigenvalue weighted by molar-refractivity contribution is 5.03. The molecule has 0 aromatic rings. The molecule has 2 nitrogen and oxygen atoms in total. The quantitative estimate of drug-likeness (QED) is 0.760. The second kappa shape index (κ2) is 4.53. The first-order valence-corrected chi connectivity index (χ1v) is 6.03. The molecule has 4 atom stereocenters. The maximum absolute atomic E-state index is 10.7. The topological polar surface area (TPSA) is 44.0 Å². The van der Waals surface area contributed by atoms with Crippen LogP contribution in [0.2, 0.25) is 0 Å². The minimum atomic E-state index is -0.763. The van der Waals surface area contributed by atoms with Gasteiger partial charge in [0.05, 0.1) is 17.6 Å². The summed E-state index contributed by atoms with van der Waals surface area (Å²) < 4.78 is 0. The largest absolute Gasteiger partial charge is 0.388 e. The van der Waals surface area contributed by atoms with Crippen LogP contribution in [0.4, 0.5) is 0 Å². The van der Waals surface area contributed by atoms with Gasteiger partial charge in [0.15, 0.2) is 0 Å². The minimum absolute atomic E-state index is 0.257. The maximum Gasteiger partial charge on any atom is 0.0835 e. The number of rotatable bonds is 2. The molecule has 1 rings (SSSR count). The number of hydrogen-bond donors (Lipinski definition) is 1. The molecule has 0 radical (unpaired) electrons. The van der Waals surface area contributed by atoms with E-state index >= 15 is 0 Å². The van der Waals surface area contributed by atoms with Crippen LogP contribution in [0, 0.1) is 35.0 Å². The van der Waals surface area contributed by atoms with Gasteiger partial charge in [0.1, 0.15) is 0 Å². The highest BCUT2D eigenvalue weighted by Gasteiger charge is 2.46. The van der Waals surface area contributed by atoms with E-state index in [1.807, 2.05) is 6.92 Å². The second-order valence-electron chi connectivity index (χ2n) is 5.58. The summed E-state index contributed by atoms with van der Waals surface area (Å²) in [4.78, 5) is 0. The summed E-state index contributed by atoms with van der Waals surface area (Å²) in [5.74, 6) is 1.02. The van der Waals surface area contributed by atoms with Crippen LogP contribution in [0.1, 0.15) is 47.0 Å². The average molecular weight is 209 g/mol. The van der Waals surface area contributed by atoms with E-state index in [0.717, 1.165) is 12.8 Å². The molecule has 0 aromatic heterocycles. The Kier molecular flexibility index (Phi) is 3.78. The van der Waals surface area contributed by atoms with Gasteiger partial charge in [0, 0.05) is 0 Å². The van der Waals surface area contributed by atoms with Crippen molar-refractivity contribution < 1.29 is 5.11 Å². The Labute approximate surface area is 93.3 Å². The summed E-state index contributed by atoms with van der Waals surface area (Å²) in [5, 5.41) is 19.7. The second-order valence-corrected chi connectivity index (χ2v) is 5.58. The Bertz CT molecular complexity index is 256. The van der Waals surface area contributed by atoms with E-state index in [1.165, 1.54) is 6.42 Å². The molecule has 1 aliphatic carbocycles. The zero-order valence-electron chi connectivity index (χ0n) is 10.3. The summed E-state index contributed by atoms with van der Waals surface area (Å²) in [6.45, 7) is 8.32. The number of hydrogen-bond acceptors (Lipinski definition) is 2. The van der Waals surface area contributed by atoms with Crippen molar-refractivity contribution in [2.24, 2.45) is 23.7 Å². The van der Waals surface area contributed by atoms with E-state index in [2.05, 4.69) is 26.8 Å². The molecule has 4 unspecified atom stereocenters. The van der Waals surface area contributed by atoms with Crippen LogP contribution >= 0.6 is 0 Å². The molecule has 1 saturated carbocycles. The van der Waals surface area contributed by atoms with Crippen molar-refractivity contribution in [2.75, 3.05) is 0 Å². The summed E-state index contributed by atoms with van der Waals surface area (Å²) in [6, 6.07) is 2.23. The SMILES string of the molecule is CC1CCC(C(C)C)C(O)(C(C)C#N)C1. The maximum atomic E-state index is 10.7. The lowest BCUT2D eigenvalue weighted by Crippen LogP contribution is -2.49. The zero-order valence-corrected chi connectivity index (χ0v) is 10.3. The van der Waals surface area contributed by atoms with Crippen molar-refractivity contribution in [1.82, 2.24) is 0 Å². The fraction of sp³-hybridized carbons (Fsp3) is 0.923. The van der Waals surface area contributed by atoms with Gasteiger partial charge in [-0.3, -0.25) is 0 Å². The van der Waals surface area contributed by atoms with Gasteiger partial charge in [0.25, 0.3) is 0 Å². The number of nitrogens with zero attached hydrogens (tertiary/aromatic N) is 1. The van der Waals surface area contributed by atoms with E-state index in [1.54, 1.807) is 0 Å². The van der Waals surface area contributed by atoms with Crippen LogP contribution < -0.4 is 0 Å². The molecule has 15 heavy (non-hydrogen) atoms. The molecule has 0 amide bonds. The van der Waals surface area contributed by atoms with Crippen LogP contribution in [0.15, 0.2) is 0 Å². The number of nitriles is 1. The lowest BCUT2D eigenvalue weighted by Gasteiger charge is -2.46. The first kappa shape index (κ1) is 12.5. The van der Waals surface area contributed by atoms with Crippen LogP contribution in [-0.2, 0) is 0 Å². The van der Waals surface area contributed by atoms with Gasteiger partial charge in [-0.05, 0) is 37.5 Å². The molecule has 1 N–H and O–H groups in total. The summed E-state index contributed by atoms with van der Waals surface area (Å²) in [7, 11) is 0. The number of aliphatic hydroxyl groups is 1. The van der Waals surface area contributed by atoms with E-state index in [0.29, 0.717) is 11.8 Å². The van der Waals surface area contributed by atoms with Crippen molar-refractivity contribution >= 4 is 0 Å². The highest BCUT2D eigenvalue weighted by atomic mass is 16.3. The van der Waals surface area contributed by atoms with Gasteiger partial charge < -0.3 is 5.11 Å². The van der Waals surface area contributed by atoms with Gasteiger partial charge in [-0.25, -0.2) is 0 Å². The van der Waals surface area contributed by atoms with E-state index in [4.69, 9.17) is 5.26 Å². The predicted molar refractivity (Wildman–Crippen MR) is 61.1 cm³/mol. The Hall–Kier alpha value is -0.550. The lowest BCUT2D eigenvalue weighted by molar-refractivity contribution is -0.103. The van der Waals surface area contributed by atoms with Gasteiger partial charge in [-0.2, -0.15) is 5.26 Å². The third-order valence-electron chi connectivity index (χ3n) is 4.04. The molecular weight excluding hydrogens is 186 g/mol. The lowest BCUT2D eigenvalue weighted by atomic mass is 9.63. The van der Waals surface area contributed by atoms with Crippen LogP contribution in [0.5, 0.6) is 0 Å². The Morgan fingerprint density at radius 3 is 2.40 bits per heavy atom. The molecule has 0 spiro atoms. The predicted octanol–water partition coefficient (Wildman–Crippen LogP) is 2.97. The van der Waals surface area contributed by atoms with E-state index in [-0.39, 0.29) is 11.8 Å². The summed E-state index contributed by atoms with van der Waals surface area (Å²) >= 11 is 0. The Morgan fingerprint density at radius 2 is 1.93 bits per heavy atom. The van der Waals surface area contributed by atoms with Gasteiger partial charge >= 0.3 is 0 Å². The van der Waals surface area contributed by atoms with Gasteiger partial charge in [0.2, 0.25) is 0 Å². The third-order valence-corrected chi connectivity index (χ3v) is 4.04. The fourth-order valence-corrected chi connectivity index (χ4v) is 3.05. The molecule has 0 aromatic carbocycles. The van der Waals surface area contributed by atoms with Crippen molar-refractivity contribution in [3.63, 3.8) is 0 Å².